The Hall–Kier alpha value is -6.98. The van der Waals surface area contributed by atoms with Gasteiger partial charge in [0.15, 0.2) is 0 Å². The average Bonchev–Trinajstić information content (AvgIpc) is 4.01. The molecule has 0 aliphatic carbocycles. The van der Waals surface area contributed by atoms with Crippen molar-refractivity contribution in [3.63, 3.8) is 0 Å². The van der Waals surface area contributed by atoms with Crippen molar-refractivity contribution in [3.8, 4) is 28.1 Å². The molecule has 52 heavy (non-hydrogen) atoms. The van der Waals surface area contributed by atoms with Crippen LogP contribution >= 0.6 is 0 Å². The number of nitrogens with one attached hydrogen (secondary N) is 1. The lowest BCUT2D eigenvalue weighted by molar-refractivity contribution is 0.402. The van der Waals surface area contributed by atoms with E-state index < -0.39 is 0 Å². The van der Waals surface area contributed by atoms with Crippen LogP contribution in [0.1, 0.15) is 28.1 Å². The topological polar surface area (TPSA) is 54.7 Å². The maximum Gasteiger partial charge on any atom is 0.222 e. The summed E-state index contributed by atoms with van der Waals surface area (Å²) in [4.78, 5) is 14.6. The van der Waals surface area contributed by atoms with E-state index in [4.69, 9.17) is 14.7 Å². The fraction of sp³-hybridized carbons (Fsp3) is 0.0213. The van der Waals surface area contributed by atoms with Crippen molar-refractivity contribution in [2.45, 2.75) is 0 Å². The van der Waals surface area contributed by atoms with Gasteiger partial charge in [0, 0.05) is 44.7 Å². The molecule has 4 aliphatic heterocycles. The van der Waals surface area contributed by atoms with E-state index in [1.54, 1.807) is 7.11 Å². The smallest absolute Gasteiger partial charge is 0.222 e. The predicted octanol–water partition coefficient (Wildman–Crippen LogP) is 8.67. The molecule has 4 aromatic carbocycles. The van der Waals surface area contributed by atoms with Crippen LogP contribution in [0.2, 0.25) is 0 Å². The van der Waals surface area contributed by atoms with Crippen LogP contribution in [0.4, 0.5) is 0 Å². The third-order valence-corrected chi connectivity index (χ3v) is 10.1. The number of aromatic amines is 1. The second-order valence-corrected chi connectivity index (χ2v) is 13.0. The van der Waals surface area contributed by atoms with Gasteiger partial charge in [-0.05, 0) is 64.7 Å². The van der Waals surface area contributed by atoms with E-state index in [0.29, 0.717) is 5.88 Å². The molecule has 10 rings (SSSR count). The van der Waals surface area contributed by atoms with Gasteiger partial charge >= 0.3 is 0 Å². The van der Waals surface area contributed by atoms with E-state index in [1.165, 1.54) is 0 Å². The van der Waals surface area contributed by atoms with Gasteiger partial charge in [0.25, 0.3) is 0 Å². The molecule has 246 valence electrons. The molecule has 0 saturated heterocycles. The van der Waals surface area contributed by atoms with Crippen molar-refractivity contribution in [1.29, 1.82) is 0 Å². The monoisotopic (exact) mass is 668 g/mol. The molecule has 0 saturated carbocycles. The van der Waals surface area contributed by atoms with E-state index in [9.17, 15) is 0 Å². The second-order valence-electron chi connectivity index (χ2n) is 13.0. The standard InChI is InChI=1S/C47H32N4O/c1-52-47-45-34-28-29-51-39(26-27-40(51)44(45)33-20-12-5-13-21-33)42(31-16-8-3-9-17-31)37-24-22-35(48-37)41(30-14-6-2-7-15-30)36-23-25-38(49-36)43(46(34)50-47)32-18-10-4-11-19-32/h2-29,49H,1H3. The first kappa shape index (κ1) is 29.9. The Morgan fingerprint density at radius 3 is 1.75 bits per heavy atom. The number of methoxy groups -OCH3 is 1. The van der Waals surface area contributed by atoms with Gasteiger partial charge < -0.3 is 14.1 Å². The summed E-state index contributed by atoms with van der Waals surface area (Å²) in [6.45, 7) is 0. The number of rotatable bonds is 5. The number of benzene rings is 4. The van der Waals surface area contributed by atoms with E-state index >= 15 is 0 Å². The van der Waals surface area contributed by atoms with Crippen molar-refractivity contribution < 1.29 is 4.74 Å². The maximum absolute atomic E-state index is 6.19. The normalized spacial score (nSPS) is 13.8. The number of aromatic nitrogens is 3. The molecule has 6 aromatic rings. The molecule has 0 radical (unpaired) electrons. The Kier molecular flexibility index (Phi) is 6.96. The van der Waals surface area contributed by atoms with Crippen LogP contribution in [0.25, 0.3) is 44.5 Å². The Morgan fingerprint density at radius 1 is 0.538 bits per heavy atom. The van der Waals surface area contributed by atoms with Gasteiger partial charge in [-0.25, -0.2) is 9.98 Å². The minimum absolute atomic E-state index is 0.583. The van der Waals surface area contributed by atoms with Crippen LogP contribution in [0.5, 0.6) is 5.88 Å². The minimum Gasteiger partial charge on any atom is -0.481 e. The first-order valence-corrected chi connectivity index (χ1v) is 17.5. The van der Waals surface area contributed by atoms with Gasteiger partial charge in [-0.1, -0.05) is 121 Å². The van der Waals surface area contributed by atoms with Crippen molar-refractivity contribution in [3.05, 3.63) is 214 Å². The summed E-state index contributed by atoms with van der Waals surface area (Å²) >= 11 is 0. The summed E-state index contributed by atoms with van der Waals surface area (Å²) in [5.74, 6) is 0.583. The molecule has 0 atom stereocenters. The lowest BCUT2D eigenvalue weighted by Crippen LogP contribution is -2.19. The molecule has 0 fully saturated rings. The van der Waals surface area contributed by atoms with Crippen LogP contribution in [0, 0.1) is 0 Å². The molecule has 0 amide bonds. The molecule has 2 aromatic heterocycles. The van der Waals surface area contributed by atoms with Crippen molar-refractivity contribution in [1.82, 2.24) is 14.4 Å². The van der Waals surface area contributed by atoms with E-state index in [2.05, 4.69) is 173 Å². The zero-order valence-corrected chi connectivity index (χ0v) is 28.4. The van der Waals surface area contributed by atoms with Crippen LogP contribution in [0.3, 0.4) is 0 Å². The number of fused-ring (bicyclic) bond motifs is 4. The fourth-order valence-electron chi connectivity index (χ4n) is 7.81. The first-order valence-electron chi connectivity index (χ1n) is 17.5. The van der Waals surface area contributed by atoms with Crippen molar-refractivity contribution in [2.75, 3.05) is 7.11 Å². The van der Waals surface area contributed by atoms with Crippen LogP contribution in [0.15, 0.2) is 181 Å². The zero-order chi connectivity index (χ0) is 34.6. The molecule has 0 spiro atoms. The summed E-state index contributed by atoms with van der Waals surface area (Å²) in [5.41, 5.74) is 15.1. The van der Waals surface area contributed by atoms with Gasteiger partial charge in [0.05, 0.1) is 41.0 Å². The molecular weight excluding hydrogens is 637 g/mol. The molecule has 0 unspecified atom stereocenters. The van der Waals surface area contributed by atoms with Gasteiger partial charge in [0.2, 0.25) is 5.88 Å². The number of hydrogen-bond acceptors (Lipinski definition) is 3. The van der Waals surface area contributed by atoms with Crippen molar-refractivity contribution in [2.24, 2.45) is 4.99 Å². The van der Waals surface area contributed by atoms with Crippen LogP contribution in [-0.4, -0.2) is 27.2 Å². The maximum atomic E-state index is 6.19. The van der Waals surface area contributed by atoms with E-state index in [-0.39, 0.29) is 0 Å². The lowest BCUT2D eigenvalue weighted by atomic mass is 9.93. The minimum atomic E-state index is 0.583. The quantitative estimate of drug-likeness (QED) is 0.200. The average molecular weight is 669 g/mol. The molecule has 6 bridgehead atoms. The summed E-state index contributed by atoms with van der Waals surface area (Å²) in [6, 6.07) is 53.1. The molecule has 5 heteroatoms. The third-order valence-electron chi connectivity index (χ3n) is 10.1. The van der Waals surface area contributed by atoms with Crippen LogP contribution < -0.4 is 15.4 Å². The second kappa shape index (κ2) is 12.1. The van der Waals surface area contributed by atoms with Gasteiger partial charge in [-0.2, -0.15) is 0 Å². The molecular formula is C47H32N4O. The Bertz CT molecular complexity index is 2840. The number of nitrogens with zero attached hydrogens (tertiary/aromatic N) is 3. The van der Waals surface area contributed by atoms with Gasteiger partial charge in [-0.3, -0.25) is 0 Å². The Labute approximate surface area is 300 Å². The fourth-order valence-corrected chi connectivity index (χ4v) is 7.81. The largest absolute Gasteiger partial charge is 0.481 e. The lowest BCUT2D eigenvalue weighted by Gasteiger charge is -2.12. The van der Waals surface area contributed by atoms with Crippen molar-refractivity contribution >= 4 is 27.9 Å². The highest BCUT2D eigenvalue weighted by atomic mass is 16.5. The van der Waals surface area contributed by atoms with Crippen LogP contribution in [-0.2, 0) is 0 Å². The number of ether oxygens (including phenoxy) is 1. The highest BCUT2D eigenvalue weighted by molar-refractivity contribution is 6.30. The zero-order valence-electron chi connectivity index (χ0n) is 28.4. The Balaban J connectivity index is 1.44. The molecule has 1 N–H and O–H groups in total. The molecule has 6 heterocycles. The third kappa shape index (κ3) is 4.71. The number of aliphatic imine (C=N–C) groups is 1. The molecule has 4 aliphatic rings. The highest BCUT2D eigenvalue weighted by Crippen LogP contribution is 2.47. The summed E-state index contributed by atoms with van der Waals surface area (Å²) in [5, 5.41) is 1.93. The summed E-state index contributed by atoms with van der Waals surface area (Å²) in [7, 11) is 1.71. The number of allylic oxidation sites excluding steroid dienone is 2. The number of H-pyrrole nitrogens is 1. The van der Waals surface area contributed by atoms with Gasteiger partial charge in [-0.15, -0.1) is 0 Å². The predicted molar refractivity (Wildman–Crippen MR) is 210 cm³/mol. The summed E-state index contributed by atoms with van der Waals surface area (Å²) < 4.78 is 8.50. The number of hydrogen-bond donors (Lipinski definition) is 1. The van der Waals surface area contributed by atoms with E-state index in [0.717, 1.165) is 94.7 Å². The first-order chi connectivity index (χ1) is 25.8. The van der Waals surface area contributed by atoms with Gasteiger partial charge in [0.1, 0.15) is 0 Å². The van der Waals surface area contributed by atoms with E-state index in [1.807, 2.05) is 6.07 Å². The highest BCUT2D eigenvalue weighted by Gasteiger charge is 2.29. The SMILES string of the molecule is COc1nc2c3ccn4c(ccc4c(-c4ccccc4)c1-3)C(c1ccccc1)=C1C=CC(=N1)C(c1ccccc1)=c1ccc([nH]1)=C2c1ccccc1. The Morgan fingerprint density at radius 2 is 1.12 bits per heavy atom. The summed E-state index contributed by atoms with van der Waals surface area (Å²) in [6.07, 6.45) is 6.48. The molecule has 5 nitrogen and oxygen atoms in total.